The fourth-order valence-electron chi connectivity index (χ4n) is 1.30. The van der Waals surface area contributed by atoms with E-state index < -0.39 is 0 Å². The van der Waals surface area contributed by atoms with Gasteiger partial charge in [0.05, 0.1) is 12.7 Å². The molecule has 0 saturated heterocycles. The lowest BCUT2D eigenvalue weighted by atomic mass is 10.1. The predicted octanol–water partition coefficient (Wildman–Crippen LogP) is 1.08. The van der Waals surface area contributed by atoms with E-state index in [1.54, 1.807) is 0 Å². The number of terminal acetylenes is 3. The number of hydrogen-bond donors (Lipinski definition) is 0. The number of ether oxygens (including phenoxy) is 3. The van der Waals surface area contributed by atoms with Gasteiger partial charge in [0.1, 0.15) is 25.9 Å². The third-order valence-electron chi connectivity index (χ3n) is 2.05. The van der Waals surface area contributed by atoms with E-state index >= 15 is 0 Å². The van der Waals surface area contributed by atoms with Crippen LogP contribution < -0.4 is 0 Å². The Morgan fingerprint density at radius 2 is 1.41 bits per heavy atom. The zero-order chi connectivity index (χ0) is 12.9. The van der Waals surface area contributed by atoms with E-state index in [1.807, 2.05) is 6.92 Å². The second-order valence-electron chi connectivity index (χ2n) is 3.23. The van der Waals surface area contributed by atoms with E-state index in [0.717, 1.165) is 6.42 Å². The summed E-state index contributed by atoms with van der Waals surface area (Å²) >= 11 is 0. The van der Waals surface area contributed by atoms with Gasteiger partial charge in [0.2, 0.25) is 0 Å². The van der Waals surface area contributed by atoms with Crippen molar-refractivity contribution in [3.8, 4) is 37.0 Å². The number of hydrogen-bond acceptors (Lipinski definition) is 3. The van der Waals surface area contributed by atoms with Gasteiger partial charge in [-0.05, 0) is 6.42 Å². The minimum absolute atomic E-state index is 0.142. The molecule has 17 heavy (non-hydrogen) atoms. The molecular weight excluding hydrogens is 216 g/mol. The van der Waals surface area contributed by atoms with Crippen LogP contribution in [0.25, 0.3) is 0 Å². The Morgan fingerprint density at radius 3 is 1.88 bits per heavy atom. The highest BCUT2D eigenvalue weighted by Gasteiger charge is 2.21. The molecule has 0 radical (unpaired) electrons. The van der Waals surface area contributed by atoms with Crippen molar-refractivity contribution < 1.29 is 14.2 Å². The summed E-state index contributed by atoms with van der Waals surface area (Å²) in [7, 11) is 0. The Morgan fingerprint density at radius 1 is 0.882 bits per heavy atom. The molecule has 0 amide bonds. The Kier molecular flexibility index (Phi) is 10.1. The molecule has 0 saturated carbocycles. The lowest BCUT2D eigenvalue weighted by Crippen LogP contribution is -2.35. The lowest BCUT2D eigenvalue weighted by Gasteiger charge is -2.25. The molecule has 0 rings (SSSR count). The molecule has 0 aromatic rings. The third kappa shape index (κ3) is 7.45. The molecule has 2 atom stereocenters. The quantitative estimate of drug-likeness (QED) is 0.441. The van der Waals surface area contributed by atoms with Gasteiger partial charge < -0.3 is 14.2 Å². The van der Waals surface area contributed by atoms with Crippen molar-refractivity contribution >= 4 is 0 Å². The highest BCUT2D eigenvalue weighted by Crippen LogP contribution is 2.09. The van der Waals surface area contributed by atoms with Crippen molar-refractivity contribution in [3.63, 3.8) is 0 Å². The van der Waals surface area contributed by atoms with Crippen molar-refractivity contribution in [2.45, 2.75) is 25.6 Å². The van der Waals surface area contributed by atoms with Crippen LogP contribution >= 0.6 is 0 Å². The minimum Gasteiger partial charge on any atom is -0.366 e. The highest BCUT2D eigenvalue weighted by molar-refractivity contribution is 4.87. The first-order valence-electron chi connectivity index (χ1n) is 5.41. The van der Waals surface area contributed by atoms with Crippen molar-refractivity contribution in [1.82, 2.24) is 0 Å². The van der Waals surface area contributed by atoms with Gasteiger partial charge >= 0.3 is 0 Å². The molecule has 0 aromatic carbocycles. The molecule has 2 unspecified atom stereocenters. The first kappa shape index (κ1) is 15.6. The van der Waals surface area contributed by atoms with Crippen LogP contribution in [-0.2, 0) is 14.2 Å². The maximum atomic E-state index is 5.47. The summed E-state index contributed by atoms with van der Waals surface area (Å²) in [5.74, 6) is 7.22. The summed E-state index contributed by atoms with van der Waals surface area (Å²) in [6, 6.07) is 0. The summed E-state index contributed by atoms with van der Waals surface area (Å²) in [6.07, 6.45) is 15.8. The molecule has 0 aliphatic heterocycles. The van der Waals surface area contributed by atoms with Crippen molar-refractivity contribution in [2.75, 3.05) is 26.4 Å². The van der Waals surface area contributed by atoms with Gasteiger partial charge in [0.15, 0.2) is 0 Å². The van der Waals surface area contributed by atoms with E-state index in [4.69, 9.17) is 33.5 Å². The summed E-state index contributed by atoms with van der Waals surface area (Å²) in [4.78, 5) is 0. The summed E-state index contributed by atoms with van der Waals surface area (Å²) in [5, 5.41) is 0. The molecule has 0 fully saturated rings. The second-order valence-corrected chi connectivity index (χ2v) is 3.23. The van der Waals surface area contributed by atoms with Crippen molar-refractivity contribution in [3.05, 3.63) is 0 Å². The molecule has 0 aromatic heterocycles. The molecule has 0 N–H and O–H groups in total. The topological polar surface area (TPSA) is 27.7 Å². The molecule has 0 aliphatic rings. The fraction of sp³-hybridized carbons (Fsp3) is 0.571. The van der Waals surface area contributed by atoms with E-state index in [0.29, 0.717) is 6.61 Å². The van der Waals surface area contributed by atoms with Crippen LogP contribution in [0, 0.1) is 37.0 Å². The fourth-order valence-corrected chi connectivity index (χ4v) is 1.30. The van der Waals surface area contributed by atoms with Gasteiger partial charge in [-0.2, -0.15) is 0 Å². The lowest BCUT2D eigenvalue weighted by molar-refractivity contribution is -0.0879. The predicted molar refractivity (Wildman–Crippen MR) is 67.1 cm³/mol. The van der Waals surface area contributed by atoms with Crippen molar-refractivity contribution in [1.29, 1.82) is 0 Å². The summed E-state index contributed by atoms with van der Waals surface area (Å²) in [5.41, 5.74) is 0. The molecule has 3 nitrogen and oxygen atoms in total. The standard InChI is InChI=1S/C14H18O3/c1-5-9-15-12-14(17-11-7-3)13(8-4)16-10-6-2/h1-3,13-14H,8-12H2,4H3. The van der Waals surface area contributed by atoms with Gasteiger partial charge in [-0.25, -0.2) is 0 Å². The van der Waals surface area contributed by atoms with Crippen LogP contribution in [0.2, 0.25) is 0 Å². The highest BCUT2D eigenvalue weighted by atomic mass is 16.6. The Hall–Kier alpha value is -1.44. The smallest absolute Gasteiger partial charge is 0.108 e. The Bertz CT molecular complexity index is 303. The first-order chi connectivity index (χ1) is 8.29. The average molecular weight is 234 g/mol. The first-order valence-corrected chi connectivity index (χ1v) is 5.41. The van der Waals surface area contributed by atoms with Crippen LogP contribution in [-0.4, -0.2) is 38.6 Å². The van der Waals surface area contributed by atoms with Crippen LogP contribution in [0.3, 0.4) is 0 Å². The minimum atomic E-state index is -0.252. The third-order valence-corrected chi connectivity index (χ3v) is 2.05. The van der Waals surface area contributed by atoms with Crippen LogP contribution in [0.15, 0.2) is 0 Å². The molecule has 0 bridgehead atoms. The SMILES string of the molecule is C#CCOCC(OCC#C)C(CC)OCC#C. The van der Waals surface area contributed by atoms with E-state index in [1.165, 1.54) is 0 Å². The summed E-state index contributed by atoms with van der Waals surface area (Å²) in [6.45, 7) is 3.01. The second kappa shape index (κ2) is 11.1. The van der Waals surface area contributed by atoms with Gasteiger partial charge in [0, 0.05) is 0 Å². The molecule has 3 heteroatoms. The van der Waals surface area contributed by atoms with Gasteiger partial charge in [-0.1, -0.05) is 24.7 Å². The molecule has 0 spiro atoms. The van der Waals surface area contributed by atoms with Crippen LogP contribution in [0.4, 0.5) is 0 Å². The Labute approximate surface area is 104 Å². The normalized spacial score (nSPS) is 13.1. The maximum Gasteiger partial charge on any atom is 0.108 e. The van der Waals surface area contributed by atoms with Crippen LogP contribution in [0.5, 0.6) is 0 Å². The van der Waals surface area contributed by atoms with Crippen molar-refractivity contribution in [2.24, 2.45) is 0 Å². The van der Waals surface area contributed by atoms with E-state index in [-0.39, 0.29) is 32.0 Å². The largest absolute Gasteiger partial charge is 0.366 e. The van der Waals surface area contributed by atoms with Gasteiger partial charge in [-0.3, -0.25) is 0 Å². The van der Waals surface area contributed by atoms with Crippen LogP contribution in [0.1, 0.15) is 13.3 Å². The van der Waals surface area contributed by atoms with Gasteiger partial charge in [-0.15, -0.1) is 19.3 Å². The zero-order valence-corrected chi connectivity index (χ0v) is 10.1. The molecule has 92 valence electrons. The number of rotatable bonds is 9. The summed E-state index contributed by atoms with van der Waals surface area (Å²) < 4.78 is 16.2. The zero-order valence-electron chi connectivity index (χ0n) is 10.1. The average Bonchev–Trinajstić information content (AvgIpc) is 2.36. The van der Waals surface area contributed by atoms with E-state index in [9.17, 15) is 0 Å². The maximum absolute atomic E-state index is 5.47. The molecular formula is C14H18O3. The van der Waals surface area contributed by atoms with E-state index in [2.05, 4.69) is 17.8 Å². The molecule has 0 aliphatic carbocycles. The van der Waals surface area contributed by atoms with Gasteiger partial charge in [0.25, 0.3) is 0 Å². The molecule has 0 heterocycles. The Balaban J connectivity index is 4.25. The monoisotopic (exact) mass is 234 g/mol.